The van der Waals surface area contributed by atoms with Crippen LogP contribution in [0.3, 0.4) is 0 Å². The average molecular weight is 367 g/mol. The molecule has 1 aromatic carbocycles. The molecule has 2 heterocycles. The van der Waals surface area contributed by atoms with Gasteiger partial charge in [0.1, 0.15) is 5.65 Å². The highest BCUT2D eigenvalue weighted by Gasteiger charge is 2.29. The maximum absolute atomic E-state index is 12.8. The molecular formula is C19H25N7O. The Bertz CT molecular complexity index is 865. The summed E-state index contributed by atoms with van der Waals surface area (Å²) in [6, 6.07) is 10.9. The van der Waals surface area contributed by atoms with E-state index in [0.29, 0.717) is 19.0 Å². The Kier molecular flexibility index (Phi) is 6.35. The molecule has 0 radical (unpaired) electrons. The van der Waals surface area contributed by atoms with Gasteiger partial charge in [-0.15, -0.1) is 0 Å². The Morgan fingerprint density at radius 1 is 1.26 bits per heavy atom. The highest BCUT2D eigenvalue weighted by molar-refractivity contribution is 5.86. The summed E-state index contributed by atoms with van der Waals surface area (Å²) >= 11 is 0. The number of nitrogens with one attached hydrogen (secondary N) is 3. The highest BCUT2D eigenvalue weighted by atomic mass is 16.2. The van der Waals surface area contributed by atoms with E-state index in [9.17, 15) is 4.79 Å². The number of aromatic nitrogens is 3. The van der Waals surface area contributed by atoms with Gasteiger partial charge in [-0.05, 0) is 31.0 Å². The zero-order valence-corrected chi connectivity index (χ0v) is 15.4. The van der Waals surface area contributed by atoms with E-state index in [0.717, 1.165) is 29.4 Å². The fraction of sp³-hybridized carbons (Fsp3) is 0.316. The van der Waals surface area contributed by atoms with Gasteiger partial charge in [0.2, 0.25) is 11.9 Å². The number of hydrogen-bond acceptors (Lipinski definition) is 6. The first kappa shape index (κ1) is 18.8. The van der Waals surface area contributed by atoms with Gasteiger partial charge in [-0.25, -0.2) is 10.4 Å². The summed E-state index contributed by atoms with van der Waals surface area (Å²) in [4.78, 5) is 24.9. The summed E-state index contributed by atoms with van der Waals surface area (Å²) < 4.78 is 0. The van der Waals surface area contributed by atoms with E-state index >= 15 is 0 Å². The lowest BCUT2D eigenvalue weighted by Gasteiger charge is -2.31. The Labute approximate surface area is 158 Å². The number of nitrogens with two attached hydrogens (primary N) is 1. The first-order valence-corrected chi connectivity index (χ1v) is 9.04. The number of nitrogens with zero attached hydrogens (tertiary/aromatic N) is 3. The minimum atomic E-state index is -0.610. The molecule has 0 aliphatic heterocycles. The number of carbonyl (C=O) groups excluding carboxylic acids is 1. The van der Waals surface area contributed by atoms with E-state index in [1.165, 1.54) is 0 Å². The fourth-order valence-corrected chi connectivity index (χ4v) is 2.88. The zero-order chi connectivity index (χ0) is 19.1. The molecule has 0 saturated carbocycles. The van der Waals surface area contributed by atoms with E-state index < -0.39 is 6.04 Å². The average Bonchev–Trinajstić information content (AvgIpc) is 3.18. The van der Waals surface area contributed by atoms with E-state index in [4.69, 9.17) is 5.73 Å². The van der Waals surface area contributed by atoms with E-state index in [1.54, 1.807) is 18.3 Å². The van der Waals surface area contributed by atoms with Gasteiger partial charge >= 0.3 is 0 Å². The molecule has 3 aromatic rings. The molecule has 0 bridgehead atoms. The molecule has 1 amide bonds. The van der Waals surface area contributed by atoms with Crippen LogP contribution in [0.4, 0.5) is 5.95 Å². The summed E-state index contributed by atoms with van der Waals surface area (Å²) in [5.41, 5.74) is 10.5. The molecule has 2 aromatic heterocycles. The van der Waals surface area contributed by atoms with Gasteiger partial charge in [0, 0.05) is 31.4 Å². The molecule has 1 unspecified atom stereocenters. The third-order valence-corrected chi connectivity index (χ3v) is 4.28. The van der Waals surface area contributed by atoms with Crippen molar-refractivity contribution >= 4 is 22.9 Å². The molecule has 1 atom stereocenters. The molecule has 0 fully saturated rings. The Morgan fingerprint density at radius 2 is 2.07 bits per heavy atom. The van der Waals surface area contributed by atoms with Gasteiger partial charge in [-0.1, -0.05) is 30.3 Å². The van der Waals surface area contributed by atoms with Crippen molar-refractivity contribution in [3.8, 4) is 0 Å². The summed E-state index contributed by atoms with van der Waals surface area (Å²) in [7, 11) is 1.62. The second-order valence-electron chi connectivity index (χ2n) is 6.15. The molecule has 0 aliphatic rings. The second-order valence-corrected chi connectivity index (χ2v) is 6.15. The first-order chi connectivity index (χ1) is 13.2. The molecule has 27 heavy (non-hydrogen) atoms. The number of likely N-dealkylation sites (N-methyl/N-ethyl adjacent to an activating group) is 1. The van der Waals surface area contributed by atoms with E-state index in [1.807, 2.05) is 42.6 Å². The monoisotopic (exact) mass is 367 g/mol. The predicted molar refractivity (Wildman–Crippen MR) is 106 cm³/mol. The van der Waals surface area contributed by atoms with Crippen LogP contribution in [0.2, 0.25) is 0 Å². The van der Waals surface area contributed by atoms with Crippen LogP contribution in [0, 0.1) is 0 Å². The van der Waals surface area contributed by atoms with Crippen LogP contribution in [0.5, 0.6) is 0 Å². The molecule has 0 spiro atoms. The van der Waals surface area contributed by atoms with Gasteiger partial charge in [0.15, 0.2) is 6.04 Å². The van der Waals surface area contributed by atoms with Crippen molar-refractivity contribution in [2.24, 2.45) is 5.73 Å². The van der Waals surface area contributed by atoms with Crippen LogP contribution >= 0.6 is 0 Å². The molecule has 5 N–H and O–H groups in total. The van der Waals surface area contributed by atoms with Crippen LogP contribution in [0.25, 0.3) is 11.0 Å². The SMILES string of the molecule is CNC(=O)C(c1ccccc1)N(NCCCCN)c1ncc2cc[nH]c2n1. The number of rotatable bonds is 9. The van der Waals surface area contributed by atoms with Gasteiger partial charge in [0.05, 0.1) is 0 Å². The van der Waals surface area contributed by atoms with Gasteiger partial charge < -0.3 is 16.0 Å². The van der Waals surface area contributed by atoms with Crippen LogP contribution in [-0.4, -0.2) is 41.0 Å². The molecule has 3 rings (SSSR count). The van der Waals surface area contributed by atoms with Crippen LogP contribution < -0.4 is 21.5 Å². The molecule has 0 aliphatic carbocycles. The third kappa shape index (κ3) is 4.42. The number of amides is 1. The number of aromatic amines is 1. The van der Waals surface area contributed by atoms with Crippen LogP contribution in [-0.2, 0) is 4.79 Å². The number of unbranched alkanes of at least 4 members (excludes halogenated alkanes) is 1. The molecule has 0 saturated heterocycles. The molecule has 8 nitrogen and oxygen atoms in total. The summed E-state index contributed by atoms with van der Waals surface area (Å²) in [5.74, 6) is 0.276. The number of H-pyrrole nitrogens is 1. The Balaban J connectivity index is 1.98. The van der Waals surface area contributed by atoms with E-state index in [2.05, 4.69) is 25.7 Å². The lowest BCUT2D eigenvalue weighted by atomic mass is 10.1. The quantitative estimate of drug-likeness (QED) is 0.337. The number of hydrazine groups is 1. The van der Waals surface area contributed by atoms with Crippen molar-refractivity contribution in [2.45, 2.75) is 18.9 Å². The first-order valence-electron chi connectivity index (χ1n) is 9.04. The minimum Gasteiger partial charge on any atom is -0.357 e. The Morgan fingerprint density at radius 3 is 2.81 bits per heavy atom. The summed E-state index contributed by atoms with van der Waals surface area (Å²) in [6.45, 7) is 1.29. The number of anilines is 1. The summed E-state index contributed by atoms with van der Waals surface area (Å²) in [5, 5.41) is 5.39. The summed E-state index contributed by atoms with van der Waals surface area (Å²) in [6.07, 6.45) is 5.34. The highest BCUT2D eigenvalue weighted by Crippen LogP contribution is 2.24. The molecular weight excluding hydrogens is 342 g/mol. The topological polar surface area (TPSA) is 112 Å². The Hall–Kier alpha value is -2.97. The van der Waals surface area contributed by atoms with Crippen molar-refractivity contribution < 1.29 is 4.79 Å². The fourth-order valence-electron chi connectivity index (χ4n) is 2.88. The third-order valence-electron chi connectivity index (χ3n) is 4.28. The predicted octanol–water partition coefficient (Wildman–Crippen LogP) is 1.50. The number of fused-ring (bicyclic) bond motifs is 1. The van der Waals surface area contributed by atoms with Crippen molar-refractivity contribution in [2.75, 3.05) is 25.1 Å². The van der Waals surface area contributed by atoms with Gasteiger partial charge in [0.25, 0.3) is 0 Å². The molecule has 142 valence electrons. The van der Waals surface area contributed by atoms with Gasteiger partial charge in [-0.2, -0.15) is 4.98 Å². The zero-order valence-electron chi connectivity index (χ0n) is 15.4. The van der Waals surface area contributed by atoms with E-state index in [-0.39, 0.29) is 5.91 Å². The van der Waals surface area contributed by atoms with Crippen LogP contribution in [0.15, 0.2) is 48.8 Å². The lowest BCUT2D eigenvalue weighted by Crippen LogP contribution is -2.48. The number of benzene rings is 1. The smallest absolute Gasteiger partial charge is 0.248 e. The van der Waals surface area contributed by atoms with Crippen molar-refractivity contribution in [3.63, 3.8) is 0 Å². The maximum atomic E-state index is 12.8. The largest absolute Gasteiger partial charge is 0.357 e. The number of carbonyl (C=O) groups is 1. The second kappa shape index (κ2) is 9.11. The lowest BCUT2D eigenvalue weighted by molar-refractivity contribution is -0.122. The standard InChI is InChI=1S/C19H25N7O/c1-21-18(27)16(14-7-3-2-4-8-14)26(24-11-6-5-10-20)19-23-13-15-9-12-22-17(15)25-19/h2-4,7-9,12-13,16,24H,5-6,10-11,20H2,1H3,(H,21,27)(H,22,23,25). The van der Waals surface area contributed by atoms with Crippen molar-refractivity contribution in [1.29, 1.82) is 0 Å². The number of hydrogen-bond donors (Lipinski definition) is 4. The maximum Gasteiger partial charge on any atom is 0.248 e. The van der Waals surface area contributed by atoms with Crippen molar-refractivity contribution in [1.82, 2.24) is 25.7 Å². The minimum absolute atomic E-state index is 0.150. The van der Waals surface area contributed by atoms with Gasteiger partial charge in [-0.3, -0.25) is 9.80 Å². The van der Waals surface area contributed by atoms with Crippen LogP contribution in [0.1, 0.15) is 24.4 Å². The normalized spacial score (nSPS) is 12.1. The molecule has 8 heteroatoms. The van der Waals surface area contributed by atoms with Crippen molar-refractivity contribution in [3.05, 3.63) is 54.4 Å².